The summed E-state index contributed by atoms with van der Waals surface area (Å²) < 4.78 is 5.68. The van der Waals surface area contributed by atoms with Crippen LogP contribution in [0, 0.1) is 12.8 Å². The summed E-state index contributed by atoms with van der Waals surface area (Å²) in [4.78, 5) is 27.4. The number of ether oxygens (including phenoxy) is 1. The maximum absolute atomic E-state index is 12.4. The van der Waals surface area contributed by atoms with Crippen LogP contribution in [0.15, 0.2) is 36.5 Å². The second-order valence-electron chi connectivity index (χ2n) is 5.99. The van der Waals surface area contributed by atoms with Gasteiger partial charge in [0.15, 0.2) is 0 Å². The Kier molecular flexibility index (Phi) is 5.52. The summed E-state index contributed by atoms with van der Waals surface area (Å²) in [5, 5.41) is 2.69. The number of nitrogens with two attached hydrogens (primary N) is 1. The Morgan fingerprint density at radius 2 is 1.96 bits per heavy atom. The van der Waals surface area contributed by atoms with Gasteiger partial charge >= 0.3 is 0 Å². The third-order valence-electron chi connectivity index (χ3n) is 3.19. The molecule has 0 aliphatic heterocycles. The lowest BCUT2D eigenvalue weighted by atomic mass is 10.1. The number of anilines is 1. The normalized spacial score (nSPS) is 10.5. The number of pyridine rings is 1. The van der Waals surface area contributed by atoms with E-state index in [1.807, 2.05) is 13.0 Å². The molecule has 2 rings (SSSR count). The van der Waals surface area contributed by atoms with Crippen molar-refractivity contribution in [2.75, 3.05) is 11.9 Å². The summed E-state index contributed by atoms with van der Waals surface area (Å²) >= 11 is 0. The van der Waals surface area contributed by atoms with Crippen molar-refractivity contribution in [3.63, 3.8) is 0 Å². The van der Waals surface area contributed by atoms with E-state index >= 15 is 0 Å². The molecule has 1 heterocycles. The molecule has 1 aromatic carbocycles. The molecule has 24 heavy (non-hydrogen) atoms. The minimum Gasteiger partial charge on any atom is -0.493 e. The second kappa shape index (κ2) is 7.59. The van der Waals surface area contributed by atoms with Gasteiger partial charge in [-0.25, -0.2) is 4.98 Å². The van der Waals surface area contributed by atoms with Gasteiger partial charge in [0.25, 0.3) is 5.91 Å². The fourth-order valence-electron chi connectivity index (χ4n) is 2.03. The predicted octanol–water partition coefficient (Wildman–Crippen LogP) is 2.78. The van der Waals surface area contributed by atoms with Crippen LogP contribution in [0.25, 0.3) is 0 Å². The zero-order valence-electron chi connectivity index (χ0n) is 14.0. The maximum atomic E-state index is 12.4. The van der Waals surface area contributed by atoms with Gasteiger partial charge in [-0.05, 0) is 48.7 Å². The Morgan fingerprint density at radius 3 is 2.54 bits per heavy atom. The van der Waals surface area contributed by atoms with E-state index in [-0.39, 0.29) is 11.5 Å². The number of rotatable bonds is 6. The van der Waals surface area contributed by atoms with Gasteiger partial charge in [-0.3, -0.25) is 9.59 Å². The average molecular weight is 327 g/mol. The topological polar surface area (TPSA) is 94.3 Å². The van der Waals surface area contributed by atoms with Crippen molar-refractivity contribution in [3.05, 3.63) is 53.2 Å². The number of nitrogens with zero attached hydrogens (tertiary/aromatic N) is 1. The number of hydrogen-bond acceptors (Lipinski definition) is 4. The summed E-state index contributed by atoms with van der Waals surface area (Å²) in [6.07, 6.45) is 1.32. The van der Waals surface area contributed by atoms with Crippen LogP contribution in [-0.2, 0) is 0 Å². The lowest BCUT2D eigenvalue weighted by molar-refractivity contribution is 0.0998. The van der Waals surface area contributed by atoms with E-state index in [1.54, 1.807) is 12.1 Å². The molecule has 0 aliphatic rings. The van der Waals surface area contributed by atoms with E-state index < -0.39 is 5.91 Å². The average Bonchev–Trinajstić information content (AvgIpc) is 2.53. The summed E-state index contributed by atoms with van der Waals surface area (Å²) in [6, 6.07) is 8.40. The van der Waals surface area contributed by atoms with Crippen molar-refractivity contribution in [2.24, 2.45) is 11.7 Å². The number of nitrogens with one attached hydrogen (secondary N) is 1. The van der Waals surface area contributed by atoms with Crippen molar-refractivity contribution in [1.82, 2.24) is 4.98 Å². The molecule has 126 valence electrons. The number of benzene rings is 1. The van der Waals surface area contributed by atoms with Crippen LogP contribution in [0.4, 0.5) is 5.82 Å². The molecule has 0 fully saturated rings. The van der Waals surface area contributed by atoms with Gasteiger partial charge in [0, 0.05) is 11.8 Å². The Morgan fingerprint density at radius 1 is 1.21 bits per heavy atom. The van der Waals surface area contributed by atoms with Crippen molar-refractivity contribution in [2.45, 2.75) is 20.8 Å². The Balaban J connectivity index is 2.12. The number of carbonyl (C=O) groups excluding carboxylic acids is 2. The quantitative estimate of drug-likeness (QED) is 0.853. The van der Waals surface area contributed by atoms with E-state index in [4.69, 9.17) is 10.5 Å². The van der Waals surface area contributed by atoms with E-state index in [1.165, 1.54) is 18.3 Å². The van der Waals surface area contributed by atoms with Crippen molar-refractivity contribution in [3.8, 4) is 5.75 Å². The molecule has 2 amide bonds. The zero-order chi connectivity index (χ0) is 17.7. The molecule has 0 aliphatic carbocycles. The molecule has 1 aromatic heterocycles. The molecule has 0 radical (unpaired) electrons. The predicted molar refractivity (Wildman–Crippen MR) is 92.2 cm³/mol. The maximum Gasteiger partial charge on any atom is 0.256 e. The largest absolute Gasteiger partial charge is 0.493 e. The van der Waals surface area contributed by atoms with Gasteiger partial charge in [-0.15, -0.1) is 0 Å². The Labute approximate surface area is 141 Å². The van der Waals surface area contributed by atoms with Crippen LogP contribution in [0.2, 0.25) is 0 Å². The van der Waals surface area contributed by atoms with Gasteiger partial charge in [0.05, 0.1) is 12.2 Å². The van der Waals surface area contributed by atoms with Gasteiger partial charge < -0.3 is 15.8 Å². The van der Waals surface area contributed by atoms with E-state index in [0.29, 0.717) is 29.7 Å². The summed E-state index contributed by atoms with van der Waals surface area (Å²) in [5.74, 6) is 0.538. The van der Waals surface area contributed by atoms with Gasteiger partial charge in [-0.2, -0.15) is 0 Å². The number of amides is 2. The minimum atomic E-state index is -0.564. The molecule has 0 saturated carbocycles. The molecule has 6 nitrogen and oxygen atoms in total. The number of hydrogen-bond donors (Lipinski definition) is 2. The standard InChI is InChI=1S/C18H21N3O3/c1-11(2)10-24-15-7-12(3)6-14(8-15)18(23)21-16-5-4-13(9-20-16)17(19)22/h4-9,11H,10H2,1-3H3,(H2,19,22)(H,20,21,23). The molecule has 0 spiro atoms. The monoisotopic (exact) mass is 327 g/mol. The molecule has 0 unspecified atom stereocenters. The summed E-state index contributed by atoms with van der Waals surface area (Å²) in [7, 11) is 0. The van der Waals surface area contributed by atoms with Crippen LogP contribution in [0.1, 0.15) is 40.1 Å². The Hall–Kier alpha value is -2.89. The van der Waals surface area contributed by atoms with Gasteiger partial charge in [0.1, 0.15) is 11.6 Å². The number of carbonyl (C=O) groups is 2. The first-order chi connectivity index (χ1) is 11.3. The summed E-state index contributed by atoms with van der Waals surface area (Å²) in [5.41, 5.74) is 6.85. The van der Waals surface area contributed by atoms with Crippen LogP contribution in [0.3, 0.4) is 0 Å². The minimum absolute atomic E-state index is 0.285. The molecule has 0 atom stereocenters. The van der Waals surface area contributed by atoms with E-state index in [2.05, 4.69) is 24.1 Å². The third-order valence-corrected chi connectivity index (χ3v) is 3.19. The fourth-order valence-corrected chi connectivity index (χ4v) is 2.03. The van der Waals surface area contributed by atoms with Gasteiger partial charge in [-0.1, -0.05) is 13.8 Å². The highest BCUT2D eigenvalue weighted by molar-refractivity contribution is 6.04. The first-order valence-corrected chi connectivity index (χ1v) is 7.67. The fraction of sp³-hybridized carbons (Fsp3) is 0.278. The van der Waals surface area contributed by atoms with Crippen LogP contribution in [-0.4, -0.2) is 23.4 Å². The first-order valence-electron chi connectivity index (χ1n) is 7.67. The van der Waals surface area contributed by atoms with Crippen molar-refractivity contribution >= 4 is 17.6 Å². The number of aromatic nitrogens is 1. The first kappa shape index (κ1) is 17.5. The molecule has 2 aromatic rings. The smallest absolute Gasteiger partial charge is 0.256 e. The number of primary amides is 1. The molecule has 3 N–H and O–H groups in total. The van der Waals surface area contributed by atoms with Crippen LogP contribution in [0.5, 0.6) is 5.75 Å². The Bertz CT molecular complexity index is 740. The summed E-state index contributed by atoms with van der Waals surface area (Å²) in [6.45, 7) is 6.61. The highest BCUT2D eigenvalue weighted by Gasteiger charge is 2.10. The van der Waals surface area contributed by atoms with Crippen LogP contribution < -0.4 is 15.8 Å². The molecular formula is C18H21N3O3. The van der Waals surface area contributed by atoms with Crippen molar-refractivity contribution < 1.29 is 14.3 Å². The molecule has 0 saturated heterocycles. The number of aryl methyl sites for hydroxylation is 1. The zero-order valence-corrected chi connectivity index (χ0v) is 14.0. The highest BCUT2D eigenvalue weighted by Crippen LogP contribution is 2.19. The van der Waals surface area contributed by atoms with Gasteiger partial charge in [0.2, 0.25) is 5.91 Å². The highest BCUT2D eigenvalue weighted by atomic mass is 16.5. The van der Waals surface area contributed by atoms with E-state index in [9.17, 15) is 9.59 Å². The SMILES string of the molecule is Cc1cc(OCC(C)C)cc(C(=O)Nc2ccc(C(N)=O)cn2)c1. The molecular weight excluding hydrogens is 306 g/mol. The lowest BCUT2D eigenvalue weighted by Gasteiger charge is -2.11. The molecule has 6 heteroatoms. The van der Waals surface area contributed by atoms with Crippen LogP contribution >= 0.6 is 0 Å². The lowest BCUT2D eigenvalue weighted by Crippen LogP contribution is -2.15. The molecule has 0 bridgehead atoms. The van der Waals surface area contributed by atoms with E-state index in [0.717, 1.165) is 5.56 Å². The van der Waals surface area contributed by atoms with Crippen molar-refractivity contribution in [1.29, 1.82) is 0 Å². The second-order valence-corrected chi connectivity index (χ2v) is 5.99. The third kappa shape index (κ3) is 4.81.